The fourth-order valence-electron chi connectivity index (χ4n) is 2.12. The van der Waals surface area contributed by atoms with E-state index in [0.29, 0.717) is 22.5 Å². The number of rotatable bonds is 2. The molecule has 4 nitrogen and oxygen atoms in total. The molecule has 3 aromatic rings. The van der Waals surface area contributed by atoms with E-state index < -0.39 is 0 Å². The molecule has 1 heterocycles. The number of hydrogen-bond acceptors (Lipinski definition) is 3. The van der Waals surface area contributed by atoms with Gasteiger partial charge in [0.25, 0.3) is 5.56 Å². The molecule has 20 heavy (non-hydrogen) atoms. The Morgan fingerprint density at radius 3 is 2.75 bits per heavy atom. The summed E-state index contributed by atoms with van der Waals surface area (Å²) in [6.07, 6.45) is 0. The zero-order valence-electron chi connectivity index (χ0n) is 10.7. The summed E-state index contributed by atoms with van der Waals surface area (Å²) >= 11 is 2.19. The third-order valence-electron chi connectivity index (χ3n) is 3.04. The summed E-state index contributed by atoms with van der Waals surface area (Å²) < 4.78 is 6.38. The van der Waals surface area contributed by atoms with Gasteiger partial charge >= 0.3 is 0 Å². The summed E-state index contributed by atoms with van der Waals surface area (Å²) in [6.45, 7) is 0. The normalized spacial score (nSPS) is 10.7. The molecule has 0 amide bonds. The van der Waals surface area contributed by atoms with Gasteiger partial charge < -0.3 is 9.72 Å². The first-order chi connectivity index (χ1) is 9.70. The highest BCUT2D eigenvalue weighted by molar-refractivity contribution is 14.1. The number of H-pyrrole nitrogens is 1. The Morgan fingerprint density at radius 2 is 1.95 bits per heavy atom. The first kappa shape index (κ1) is 13.1. The molecule has 0 bridgehead atoms. The zero-order chi connectivity index (χ0) is 14.1. The van der Waals surface area contributed by atoms with Crippen molar-refractivity contribution in [1.82, 2.24) is 9.97 Å². The number of hydrogen-bond donors (Lipinski definition) is 1. The lowest BCUT2D eigenvalue weighted by molar-refractivity contribution is 0.413. The van der Waals surface area contributed by atoms with Crippen molar-refractivity contribution < 1.29 is 4.74 Å². The molecule has 0 unspecified atom stereocenters. The lowest BCUT2D eigenvalue weighted by Crippen LogP contribution is -2.09. The lowest BCUT2D eigenvalue weighted by Gasteiger charge is -2.10. The molecule has 100 valence electrons. The van der Waals surface area contributed by atoms with Crippen LogP contribution in [0.5, 0.6) is 5.75 Å². The summed E-state index contributed by atoms with van der Waals surface area (Å²) in [4.78, 5) is 19.5. The molecule has 3 rings (SSSR count). The van der Waals surface area contributed by atoms with Crippen LogP contribution in [-0.2, 0) is 0 Å². The van der Waals surface area contributed by atoms with E-state index in [4.69, 9.17) is 4.74 Å². The van der Waals surface area contributed by atoms with Gasteiger partial charge in [-0.1, -0.05) is 18.2 Å². The fourth-order valence-corrected chi connectivity index (χ4v) is 2.84. The van der Waals surface area contributed by atoms with Crippen LogP contribution in [0.4, 0.5) is 0 Å². The van der Waals surface area contributed by atoms with Crippen LogP contribution in [0.15, 0.2) is 47.3 Å². The van der Waals surface area contributed by atoms with Gasteiger partial charge in [-0.25, -0.2) is 4.98 Å². The van der Waals surface area contributed by atoms with Gasteiger partial charge in [-0.15, -0.1) is 0 Å². The summed E-state index contributed by atoms with van der Waals surface area (Å²) in [6, 6.07) is 13.0. The van der Waals surface area contributed by atoms with Crippen LogP contribution in [0.2, 0.25) is 0 Å². The van der Waals surface area contributed by atoms with Gasteiger partial charge in [0.15, 0.2) is 0 Å². The summed E-state index contributed by atoms with van der Waals surface area (Å²) in [7, 11) is 1.61. The average molecular weight is 378 g/mol. The average Bonchev–Trinajstić information content (AvgIpc) is 2.47. The third kappa shape index (κ3) is 2.18. The number of nitrogens with one attached hydrogen (secondary N) is 1. The maximum absolute atomic E-state index is 12.1. The molecule has 0 aliphatic heterocycles. The minimum absolute atomic E-state index is 0.147. The Balaban J connectivity index is 2.31. The number of para-hydroxylation sites is 2. The number of nitrogens with zero attached hydrogens (tertiary/aromatic N) is 1. The van der Waals surface area contributed by atoms with Gasteiger partial charge in [0.1, 0.15) is 11.6 Å². The molecule has 2 aromatic carbocycles. The Labute approximate surface area is 129 Å². The van der Waals surface area contributed by atoms with E-state index in [2.05, 4.69) is 32.6 Å². The SMILES string of the molecule is COc1c(I)cccc1-c1nc2ccccc2c(=O)[nH]1. The van der Waals surface area contributed by atoms with Crippen molar-refractivity contribution in [2.75, 3.05) is 7.11 Å². The van der Waals surface area contributed by atoms with Gasteiger partial charge in [0.05, 0.1) is 27.1 Å². The first-order valence-corrected chi connectivity index (χ1v) is 7.10. The van der Waals surface area contributed by atoms with Gasteiger partial charge in [-0.05, 0) is 46.9 Å². The number of aromatic amines is 1. The maximum atomic E-state index is 12.1. The van der Waals surface area contributed by atoms with E-state index in [-0.39, 0.29) is 5.56 Å². The van der Waals surface area contributed by atoms with Crippen molar-refractivity contribution in [3.05, 3.63) is 56.4 Å². The Morgan fingerprint density at radius 1 is 1.15 bits per heavy atom. The minimum atomic E-state index is -0.147. The highest BCUT2D eigenvalue weighted by Crippen LogP contribution is 2.31. The van der Waals surface area contributed by atoms with E-state index >= 15 is 0 Å². The molecule has 0 atom stereocenters. The number of benzene rings is 2. The standard InChI is InChI=1S/C15H11IN2O2/c1-20-13-10(6-4-7-11(13)16)14-17-12-8-3-2-5-9(12)15(19)18-14/h2-8H,1H3,(H,17,18,19). The number of methoxy groups -OCH3 is 1. The van der Waals surface area contributed by atoms with Crippen LogP contribution in [0.3, 0.4) is 0 Å². The molecule has 0 aliphatic carbocycles. The number of ether oxygens (including phenoxy) is 1. The predicted octanol–water partition coefficient (Wildman–Crippen LogP) is 3.20. The second kappa shape index (κ2) is 5.24. The molecule has 0 saturated heterocycles. The summed E-state index contributed by atoms with van der Waals surface area (Å²) in [5.74, 6) is 1.23. The second-order valence-corrected chi connectivity index (χ2v) is 5.41. The molecule has 0 fully saturated rings. The molecular weight excluding hydrogens is 367 g/mol. The molecule has 0 spiro atoms. The van der Waals surface area contributed by atoms with Gasteiger partial charge in [0, 0.05) is 0 Å². The third-order valence-corrected chi connectivity index (χ3v) is 3.89. The van der Waals surface area contributed by atoms with Gasteiger partial charge in [-0.2, -0.15) is 0 Å². The first-order valence-electron chi connectivity index (χ1n) is 6.02. The smallest absolute Gasteiger partial charge is 0.259 e. The van der Waals surface area contributed by atoms with Crippen molar-refractivity contribution in [3.63, 3.8) is 0 Å². The van der Waals surface area contributed by atoms with Crippen molar-refractivity contribution in [3.8, 4) is 17.1 Å². The maximum Gasteiger partial charge on any atom is 0.259 e. The van der Waals surface area contributed by atoms with Crippen LogP contribution in [0.25, 0.3) is 22.3 Å². The minimum Gasteiger partial charge on any atom is -0.495 e. The largest absolute Gasteiger partial charge is 0.495 e. The van der Waals surface area contributed by atoms with E-state index in [0.717, 1.165) is 9.13 Å². The van der Waals surface area contributed by atoms with Crippen molar-refractivity contribution >= 4 is 33.5 Å². The van der Waals surface area contributed by atoms with E-state index in [1.165, 1.54) is 0 Å². The van der Waals surface area contributed by atoms with Crippen LogP contribution in [0.1, 0.15) is 0 Å². The highest BCUT2D eigenvalue weighted by atomic mass is 127. The highest BCUT2D eigenvalue weighted by Gasteiger charge is 2.12. The number of fused-ring (bicyclic) bond motifs is 1. The Kier molecular flexibility index (Phi) is 3.43. The lowest BCUT2D eigenvalue weighted by atomic mass is 10.1. The zero-order valence-corrected chi connectivity index (χ0v) is 12.8. The molecule has 5 heteroatoms. The van der Waals surface area contributed by atoms with Crippen LogP contribution in [-0.4, -0.2) is 17.1 Å². The van der Waals surface area contributed by atoms with Crippen LogP contribution >= 0.6 is 22.6 Å². The predicted molar refractivity (Wildman–Crippen MR) is 87.1 cm³/mol. The molecule has 0 radical (unpaired) electrons. The number of aromatic nitrogens is 2. The molecule has 0 saturated carbocycles. The summed E-state index contributed by atoms with van der Waals surface area (Å²) in [5, 5.41) is 0.584. The molecule has 1 N–H and O–H groups in total. The fraction of sp³-hybridized carbons (Fsp3) is 0.0667. The monoisotopic (exact) mass is 378 g/mol. The van der Waals surface area contributed by atoms with Gasteiger partial charge in [-0.3, -0.25) is 4.79 Å². The molecule has 1 aromatic heterocycles. The number of halogens is 1. The quantitative estimate of drug-likeness (QED) is 0.697. The van der Waals surface area contributed by atoms with Crippen molar-refractivity contribution in [2.24, 2.45) is 0 Å². The Hall–Kier alpha value is -1.89. The van der Waals surface area contributed by atoms with Crippen molar-refractivity contribution in [1.29, 1.82) is 0 Å². The molecule has 0 aliphatic rings. The van der Waals surface area contributed by atoms with E-state index in [1.807, 2.05) is 36.4 Å². The topological polar surface area (TPSA) is 55.0 Å². The van der Waals surface area contributed by atoms with E-state index in [1.54, 1.807) is 13.2 Å². The van der Waals surface area contributed by atoms with Gasteiger partial charge in [0.2, 0.25) is 0 Å². The van der Waals surface area contributed by atoms with Crippen molar-refractivity contribution in [2.45, 2.75) is 0 Å². The van der Waals surface area contributed by atoms with Crippen LogP contribution < -0.4 is 10.3 Å². The Bertz CT molecular complexity index is 843. The second-order valence-electron chi connectivity index (χ2n) is 4.25. The molecular formula is C15H11IN2O2. The van der Waals surface area contributed by atoms with Crippen LogP contribution in [0, 0.1) is 3.57 Å². The van der Waals surface area contributed by atoms with E-state index in [9.17, 15) is 4.79 Å². The summed E-state index contributed by atoms with van der Waals surface area (Å²) in [5.41, 5.74) is 1.31.